The van der Waals surface area contributed by atoms with E-state index in [-0.39, 0.29) is 6.04 Å². The first-order valence-electron chi connectivity index (χ1n) is 6.46. The van der Waals surface area contributed by atoms with Crippen molar-refractivity contribution in [3.8, 4) is 0 Å². The van der Waals surface area contributed by atoms with Gasteiger partial charge in [-0.25, -0.2) is 0 Å². The summed E-state index contributed by atoms with van der Waals surface area (Å²) in [7, 11) is 0. The predicted octanol–water partition coefficient (Wildman–Crippen LogP) is 4.28. The van der Waals surface area contributed by atoms with Crippen molar-refractivity contribution < 1.29 is 0 Å². The molecule has 0 bridgehead atoms. The molecule has 0 radical (unpaired) electrons. The van der Waals surface area contributed by atoms with Crippen LogP contribution in [-0.2, 0) is 0 Å². The number of rotatable bonds is 4. The van der Waals surface area contributed by atoms with E-state index in [9.17, 15) is 0 Å². The molecule has 0 fully saturated rings. The van der Waals surface area contributed by atoms with Crippen LogP contribution in [0.1, 0.15) is 38.3 Å². The lowest BCUT2D eigenvalue weighted by Gasteiger charge is -2.20. The van der Waals surface area contributed by atoms with E-state index in [1.54, 1.807) is 0 Å². The molecule has 0 aliphatic heterocycles. The van der Waals surface area contributed by atoms with Crippen LogP contribution in [0.15, 0.2) is 42.5 Å². The molecule has 0 heterocycles. The number of nitrogens with two attached hydrogens (primary N) is 1. The second-order valence-corrected chi connectivity index (χ2v) is 4.90. The van der Waals surface area contributed by atoms with Crippen molar-refractivity contribution in [2.24, 2.45) is 11.7 Å². The van der Waals surface area contributed by atoms with Gasteiger partial charge in [0.25, 0.3) is 0 Å². The Balaban J connectivity index is 2.29. The van der Waals surface area contributed by atoms with E-state index in [4.69, 9.17) is 5.73 Å². The van der Waals surface area contributed by atoms with Crippen molar-refractivity contribution in [1.82, 2.24) is 0 Å². The molecule has 1 heteroatoms. The zero-order chi connectivity index (χ0) is 12.3. The summed E-state index contributed by atoms with van der Waals surface area (Å²) in [5.74, 6) is 0.543. The van der Waals surface area contributed by atoms with E-state index in [1.165, 1.54) is 29.2 Å². The third kappa shape index (κ3) is 2.67. The van der Waals surface area contributed by atoms with E-state index >= 15 is 0 Å². The van der Waals surface area contributed by atoms with E-state index in [0.29, 0.717) is 5.92 Å². The van der Waals surface area contributed by atoms with Gasteiger partial charge in [-0.05, 0) is 34.7 Å². The third-order valence-electron chi connectivity index (χ3n) is 3.52. The van der Waals surface area contributed by atoms with Crippen LogP contribution in [0, 0.1) is 5.92 Å². The van der Waals surface area contributed by atoms with Crippen LogP contribution in [0.3, 0.4) is 0 Å². The molecule has 0 spiro atoms. The maximum atomic E-state index is 6.32. The van der Waals surface area contributed by atoms with Gasteiger partial charge in [0, 0.05) is 6.04 Å². The second kappa shape index (κ2) is 5.33. The third-order valence-corrected chi connectivity index (χ3v) is 3.52. The molecule has 2 atom stereocenters. The lowest BCUT2D eigenvalue weighted by atomic mass is 9.91. The van der Waals surface area contributed by atoms with Gasteiger partial charge in [0.05, 0.1) is 0 Å². The van der Waals surface area contributed by atoms with Crippen molar-refractivity contribution in [2.75, 3.05) is 0 Å². The Labute approximate surface area is 104 Å². The van der Waals surface area contributed by atoms with Crippen LogP contribution < -0.4 is 5.73 Å². The molecule has 0 aliphatic rings. The Kier molecular flexibility index (Phi) is 3.80. The van der Waals surface area contributed by atoms with Gasteiger partial charge in [-0.1, -0.05) is 56.7 Å². The molecule has 2 N–H and O–H groups in total. The highest BCUT2D eigenvalue weighted by molar-refractivity contribution is 5.83. The standard InChI is InChI=1S/C16H21N/c1-3-6-12(2)16(17)15-10-9-13-7-4-5-8-14(13)11-15/h4-5,7-12,16H,3,6,17H2,1-2H3. The van der Waals surface area contributed by atoms with E-state index < -0.39 is 0 Å². The quantitative estimate of drug-likeness (QED) is 0.829. The van der Waals surface area contributed by atoms with Crippen molar-refractivity contribution in [2.45, 2.75) is 32.7 Å². The minimum Gasteiger partial charge on any atom is -0.324 e. The van der Waals surface area contributed by atoms with Crippen molar-refractivity contribution in [1.29, 1.82) is 0 Å². The van der Waals surface area contributed by atoms with Crippen LogP contribution in [-0.4, -0.2) is 0 Å². The first-order chi connectivity index (χ1) is 8.22. The van der Waals surface area contributed by atoms with E-state index in [1.807, 2.05) is 0 Å². The summed E-state index contributed by atoms with van der Waals surface area (Å²) in [6.45, 7) is 4.45. The Bertz CT molecular complexity index is 490. The number of benzene rings is 2. The number of hydrogen-bond donors (Lipinski definition) is 1. The van der Waals surface area contributed by atoms with Gasteiger partial charge < -0.3 is 5.73 Å². The fraction of sp³-hybridized carbons (Fsp3) is 0.375. The monoisotopic (exact) mass is 227 g/mol. The van der Waals surface area contributed by atoms with Gasteiger partial charge in [0.2, 0.25) is 0 Å². The fourth-order valence-electron chi connectivity index (χ4n) is 2.38. The van der Waals surface area contributed by atoms with Gasteiger partial charge in [-0.15, -0.1) is 0 Å². The van der Waals surface area contributed by atoms with Crippen LogP contribution in [0.25, 0.3) is 10.8 Å². The summed E-state index contributed by atoms with van der Waals surface area (Å²) >= 11 is 0. The fourth-order valence-corrected chi connectivity index (χ4v) is 2.38. The highest BCUT2D eigenvalue weighted by Crippen LogP contribution is 2.26. The zero-order valence-corrected chi connectivity index (χ0v) is 10.7. The smallest absolute Gasteiger partial charge is 0.0321 e. The Morgan fingerprint density at radius 1 is 1.06 bits per heavy atom. The van der Waals surface area contributed by atoms with Crippen molar-refractivity contribution in [3.63, 3.8) is 0 Å². The first-order valence-corrected chi connectivity index (χ1v) is 6.46. The summed E-state index contributed by atoms with van der Waals surface area (Å²) in [6.07, 6.45) is 2.39. The van der Waals surface area contributed by atoms with Crippen LogP contribution in [0.2, 0.25) is 0 Å². The lowest BCUT2D eigenvalue weighted by molar-refractivity contribution is 0.434. The predicted molar refractivity (Wildman–Crippen MR) is 74.9 cm³/mol. The summed E-state index contributed by atoms with van der Waals surface area (Å²) in [4.78, 5) is 0. The SMILES string of the molecule is CCCC(C)C(N)c1ccc2ccccc2c1. The molecule has 17 heavy (non-hydrogen) atoms. The summed E-state index contributed by atoms with van der Waals surface area (Å²) in [5, 5.41) is 2.57. The Morgan fingerprint density at radius 3 is 2.47 bits per heavy atom. The molecule has 1 nitrogen and oxygen atoms in total. The molecule has 0 aromatic heterocycles. The van der Waals surface area contributed by atoms with Crippen LogP contribution in [0.4, 0.5) is 0 Å². The molecular formula is C16H21N. The van der Waals surface area contributed by atoms with Crippen LogP contribution >= 0.6 is 0 Å². The molecule has 0 saturated heterocycles. The molecule has 2 aromatic rings. The lowest BCUT2D eigenvalue weighted by Crippen LogP contribution is -2.18. The minimum atomic E-state index is 0.152. The van der Waals surface area contributed by atoms with Gasteiger partial charge in [-0.3, -0.25) is 0 Å². The molecule has 2 rings (SSSR count). The van der Waals surface area contributed by atoms with Crippen molar-refractivity contribution in [3.05, 3.63) is 48.0 Å². The molecular weight excluding hydrogens is 206 g/mol. The zero-order valence-electron chi connectivity index (χ0n) is 10.7. The second-order valence-electron chi connectivity index (χ2n) is 4.90. The largest absolute Gasteiger partial charge is 0.324 e. The van der Waals surface area contributed by atoms with E-state index in [2.05, 4.69) is 56.3 Å². The maximum absolute atomic E-state index is 6.32. The van der Waals surface area contributed by atoms with Gasteiger partial charge in [0.15, 0.2) is 0 Å². The molecule has 2 unspecified atom stereocenters. The molecule has 2 aromatic carbocycles. The van der Waals surface area contributed by atoms with Gasteiger partial charge in [0.1, 0.15) is 0 Å². The Morgan fingerprint density at radius 2 is 1.76 bits per heavy atom. The van der Waals surface area contributed by atoms with Gasteiger partial charge in [-0.2, -0.15) is 0 Å². The summed E-state index contributed by atoms with van der Waals surface area (Å²) in [6, 6.07) is 15.2. The Hall–Kier alpha value is -1.34. The van der Waals surface area contributed by atoms with Crippen LogP contribution in [0.5, 0.6) is 0 Å². The molecule has 90 valence electrons. The molecule has 0 amide bonds. The number of fused-ring (bicyclic) bond motifs is 1. The highest BCUT2D eigenvalue weighted by Gasteiger charge is 2.14. The summed E-state index contributed by atoms with van der Waals surface area (Å²) < 4.78 is 0. The molecule has 0 saturated carbocycles. The number of hydrogen-bond acceptors (Lipinski definition) is 1. The first kappa shape index (κ1) is 12.1. The average molecular weight is 227 g/mol. The average Bonchev–Trinajstić information content (AvgIpc) is 2.37. The minimum absolute atomic E-state index is 0.152. The van der Waals surface area contributed by atoms with Gasteiger partial charge >= 0.3 is 0 Å². The van der Waals surface area contributed by atoms with Crippen molar-refractivity contribution >= 4 is 10.8 Å². The highest BCUT2D eigenvalue weighted by atomic mass is 14.6. The summed E-state index contributed by atoms with van der Waals surface area (Å²) in [5.41, 5.74) is 7.57. The molecule has 0 aliphatic carbocycles. The topological polar surface area (TPSA) is 26.0 Å². The maximum Gasteiger partial charge on any atom is 0.0321 e. The van der Waals surface area contributed by atoms with E-state index in [0.717, 1.165) is 0 Å². The normalized spacial score (nSPS) is 14.8.